The molecule has 0 aliphatic carbocycles. The summed E-state index contributed by atoms with van der Waals surface area (Å²) in [5.41, 5.74) is 1.40. The van der Waals surface area contributed by atoms with Gasteiger partial charge in [-0.05, 0) is 31.4 Å². The molecule has 128 valence electrons. The van der Waals surface area contributed by atoms with E-state index in [2.05, 4.69) is 4.98 Å². The molecule has 2 aromatic heterocycles. The van der Waals surface area contributed by atoms with Crippen LogP contribution in [0.5, 0.6) is 0 Å². The van der Waals surface area contributed by atoms with Gasteiger partial charge in [-0.2, -0.15) is 4.31 Å². The van der Waals surface area contributed by atoms with Gasteiger partial charge < -0.3 is 9.30 Å². The number of carbonyl (C=O) groups excluding carboxylic acids is 1. The molecule has 1 atom stereocenters. The summed E-state index contributed by atoms with van der Waals surface area (Å²) in [6, 6.07) is 3.51. The van der Waals surface area contributed by atoms with Crippen LogP contribution < -0.4 is 0 Å². The zero-order valence-electron chi connectivity index (χ0n) is 13.3. The zero-order chi connectivity index (χ0) is 16.7. The summed E-state index contributed by atoms with van der Waals surface area (Å²) >= 11 is 0. The van der Waals surface area contributed by atoms with Crippen LogP contribution in [0.2, 0.25) is 0 Å². The first-order valence-electron chi connectivity index (χ1n) is 8.26. The lowest BCUT2D eigenvalue weighted by Crippen LogP contribution is -2.50. The highest BCUT2D eigenvalue weighted by atomic mass is 32.2. The molecule has 4 rings (SSSR count). The quantitative estimate of drug-likeness (QED) is 0.811. The predicted molar refractivity (Wildman–Crippen MR) is 89.2 cm³/mol. The van der Waals surface area contributed by atoms with Gasteiger partial charge in [0.05, 0.1) is 11.3 Å². The molecule has 0 bridgehead atoms. The van der Waals surface area contributed by atoms with Crippen molar-refractivity contribution in [2.45, 2.75) is 25.3 Å². The van der Waals surface area contributed by atoms with E-state index in [1.807, 2.05) is 16.7 Å². The predicted octanol–water partition coefficient (Wildman–Crippen LogP) is 0.974. The Morgan fingerprint density at radius 2 is 2.08 bits per heavy atom. The Hall–Kier alpha value is -1.93. The average molecular weight is 348 g/mol. The molecule has 24 heavy (non-hydrogen) atoms. The maximum absolute atomic E-state index is 12.8. The number of piperidine rings is 1. The lowest BCUT2D eigenvalue weighted by molar-refractivity contribution is 0.0658. The second kappa shape index (κ2) is 5.86. The number of hydrogen-bond donors (Lipinski definition) is 0. The number of amides is 1. The summed E-state index contributed by atoms with van der Waals surface area (Å²) in [6.45, 7) is 1.72. The number of pyridine rings is 1. The van der Waals surface area contributed by atoms with Gasteiger partial charge in [-0.25, -0.2) is 13.4 Å². The van der Waals surface area contributed by atoms with Crippen molar-refractivity contribution in [2.24, 2.45) is 0 Å². The molecule has 0 radical (unpaired) electrons. The van der Waals surface area contributed by atoms with Crippen LogP contribution in [0.3, 0.4) is 0 Å². The number of fused-ring (bicyclic) bond motifs is 1. The van der Waals surface area contributed by atoms with Crippen LogP contribution in [0.4, 0.5) is 0 Å². The topological polar surface area (TPSA) is 75.0 Å². The minimum absolute atomic E-state index is 0.0492. The molecule has 0 aromatic carbocycles. The molecule has 2 aliphatic rings. The highest BCUT2D eigenvalue weighted by Crippen LogP contribution is 2.24. The second-order valence-electron chi connectivity index (χ2n) is 6.44. The number of nitrogens with zero attached hydrogens (tertiary/aromatic N) is 4. The molecular weight excluding hydrogens is 328 g/mol. The minimum Gasteiger partial charge on any atom is -0.337 e. The van der Waals surface area contributed by atoms with E-state index in [0.29, 0.717) is 31.6 Å². The molecule has 2 fully saturated rings. The van der Waals surface area contributed by atoms with Crippen LogP contribution in [0.15, 0.2) is 30.7 Å². The number of imidazole rings is 1. The summed E-state index contributed by atoms with van der Waals surface area (Å²) < 4.78 is 27.7. The Balaban J connectivity index is 1.54. The molecule has 0 N–H and O–H groups in total. The highest BCUT2D eigenvalue weighted by Gasteiger charge is 2.37. The molecule has 2 saturated heterocycles. The largest absolute Gasteiger partial charge is 0.337 e. The number of carbonyl (C=O) groups is 1. The molecular formula is C16H20N4O3S. The lowest BCUT2D eigenvalue weighted by atomic mass is 10.0. The fourth-order valence-electron chi connectivity index (χ4n) is 3.67. The van der Waals surface area contributed by atoms with Crippen LogP contribution in [0.25, 0.3) is 5.65 Å². The van der Waals surface area contributed by atoms with Gasteiger partial charge in [-0.1, -0.05) is 0 Å². The fourth-order valence-corrected chi connectivity index (χ4v) is 5.43. The number of aromatic nitrogens is 2. The van der Waals surface area contributed by atoms with Crippen molar-refractivity contribution in [3.63, 3.8) is 0 Å². The van der Waals surface area contributed by atoms with E-state index in [4.69, 9.17) is 0 Å². The zero-order valence-corrected chi connectivity index (χ0v) is 14.2. The summed E-state index contributed by atoms with van der Waals surface area (Å²) in [7, 11) is -3.14. The van der Waals surface area contributed by atoms with Gasteiger partial charge in [-0.15, -0.1) is 0 Å². The lowest BCUT2D eigenvalue weighted by Gasteiger charge is -2.36. The standard InChI is InChI=1S/C16H20N4O3S/c21-16(13-4-5-15-17-6-9-18(15)11-13)19-7-1-3-14(12-19)20-8-2-10-24(20,22)23/h4-6,9,11,14H,1-3,7-8,10,12H2/t14-/m0/s1. The third kappa shape index (κ3) is 2.69. The van der Waals surface area contributed by atoms with E-state index >= 15 is 0 Å². The van der Waals surface area contributed by atoms with Crippen LogP contribution in [-0.4, -0.2) is 64.3 Å². The average Bonchev–Trinajstić information content (AvgIpc) is 3.19. The van der Waals surface area contributed by atoms with Crippen LogP contribution in [0.1, 0.15) is 29.6 Å². The normalized spacial score (nSPS) is 24.5. The Morgan fingerprint density at radius 3 is 2.88 bits per heavy atom. The van der Waals surface area contributed by atoms with Gasteiger partial charge in [0.25, 0.3) is 5.91 Å². The first-order valence-corrected chi connectivity index (χ1v) is 9.87. The van der Waals surface area contributed by atoms with Crippen LogP contribution in [0, 0.1) is 0 Å². The Kier molecular flexibility index (Phi) is 3.80. The van der Waals surface area contributed by atoms with Crippen molar-refractivity contribution in [1.29, 1.82) is 0 Å². The van der Waals surface area contributed by atoms with Gasteiger partial charge in [-0.3, -0.25) is 4.79 Å². The van der Waals surface area contributed by atoms with Gasteiger partial charge in [0, 0.05) is 44.3 Å². The maximum Gasteiger partial charge on any atom is 0.255 e. The smallest absolute Gasteiger partial charge is 0.255 e. The molecule has 1 amide bonds. The highest BCUT2D eigenvalue weighted by molar-refractivity contribution is 7.89. The molecule has 8 heteroatoms. The van der Waals surface area contributed by atoms with Crippen LogP contribution >= 0.6 is 0 Å². The molecule has 0 saturated carbocycles. The molecule has 4 heterocycles. The van der Waals surface area contributed by atoms with Gasteiger partial charge >= 0.3 is 0 Å². The van der Waals surface area contributed by atoms with Gasteiger partial charge in [0.1, 0.15) is 5.65 Å². The summed E-state index contributed by atoms with van der Waals surface area (Å²) in [6.07, 6.45) is 7.62. The third-order valence-electron chi connectivity index (χ3n) is 4.86. The molecule has 0 spiro atoms. The minimum atomic E-state index is -3.14. The Bertz CT molecular complexity index is 876. The van der Waals surface area contributed by atoms with Crippen molar-refractivity contribution >= 4 is 21.6 Å². The second-order valence-corrected chi connectivity index (χ2v) is 8.48. The number of likely N-dealkylation sites (tertiary alicyclic amines) is 1. The van der Waals surface area contributed by atoms with E-state index < -0.39 is 10.0 Å². The van der Waals surface area contributed by atoms with E-state index in [-0.39, 0.29) is 17.7 Å². The fraction of sp³-hybridized carbons (Fsp3) is 0.500. The van der Waals surface area contributed by atoms with E-state index in [9.17, 15) is 13.2 Å². The van der Waals surface area contributed by atoms with E-state index in [1.54, 1.807) is 27.7 Å². The van der Waals surface area contributed by atoms with Gasteiger partial charge in [0.2, 0.25) is 10.0 Å². The van der Waals surface area contributed by atoms with Crippen molar-refractivity contribution in [2.75, 3.05) is 25.4 Å². The molecule has 2 aromatic rings. The van der Waals surface area contributed by atoms with Gasteiger partial charge in [0.15, 0.2) is 0 Å². The summed E-state index contributed by atoms with van der Waals surface area (Å²) in [5, 5.41) is 0. The van der Waals surface area contributed by atoms with Crippen molar-refractivity contribution in [3.8, 4) is 0 Å². The maximum atomic E-state index is 12.8. The SMILES string of the molecule is O=C(c1ccc2nccn2c1)N1CCC[C@H](N2CCCS2(=O)=O)C1. The molecule has 0 unspecified atom stereocenters. The van der Waals surface area contributed by atoms with Crippen molar-refractivity contribution in [3.05, 3.63) is 36.3 Å². The number of rotatable bonds is 2. The Labute approximate surface area is 140 Å². The molecule has 7 nitrogen and oxygen atoms in total. The molecule has 2 aliphatic heterocycles. The first kappa shape index (κ1) is 15.6. The monoisotopic (exact) mass is 348 g/mol. The first-order chi connectivity index (χ1) is 11.5. The third-order valence-corrected chi connectivity index (χ3v) is 6.86. The van der Waals surface area contributed by atoms with Crippen LogP contribution in [-0.2, 0) is 10.0 Å². The van der Waals surface area contributed by atoms with E-state index in [0.717, 1.165) is 18.5 Å². The summed E-state index contributed by atoms with van der Waals surface area (Å²) in [4.78, 5) is 18.8. The van der Waals surface area contributed by atoms with Crippen molar-refractivity contribution in [1.82, 2.24) is 18.6 Å². The van der Waals surface area contributed by atoms with Crippen molar-refractivity contribution < 1.29 is 13.2 Å². The Morgan fingerprint density at radius 1 is 1.21 bits per heavy atom. The number of sulfonamides is 1. The van der Waals surface area contributed by atoms with E-state index in [1.165, 1.54) is 0 Å². The number of hydrogen-bond acceptors (Lipinski definition) is 4. The summed E-state index contributed by atoms with van der Waals surface area (Å²) in [5.74, 6) is 0.182.